The normalized spacial score (nSPS) is 28.8. The van der Waals surface area contributed by atoms with Gasteiger partial charge in [0.2, 0.25) is 0 Å². The summed E-state index contributed by atoms with van der Waals surface area (Å²) in [5.74, 6) is 0. The SMILES string of the molecule is O=C1O[C@@H](c2ccccc2)[C@H]2CCCCN12. The van der Waals surface area contributed by atoms with Crippen LogP contribution in [-0.2, 0) is 4.74 Å². The average molecular weight is 217 g/mol. The lowest BCUT2D eigenvalue weighted by Gasteiger charge is -2.28. The molecule has 0 spiro atoms. The lowest BCUT2D eigenvalue weighted by molar-refractivity contribution is 0.130. The van der Waals surface area contributed by atoms with Crippen LogP contribution >= 0.6 is 0 Å². The van der Waals surface area contributed by atoms with E-state index in [2.05, 4.69) is 0 Å². The predicted octanol–water partition coefficient (Wildman–Crippen LogP) is 2.73. The van der Waals surface area contributed by atoms with E-state index in [1.807, 2.05) is 35.2 Å². The first kappa shape index (κ1) is 9.70. The van der Waals surface area contributed by atoms with E-state index in [9.17, 15) is 4.79 Å². The van der Waals surface area contributed by atoms with Gasteiger partial charge in [0.15, 0.2) is 0 Å². The van der Waals surface area contributed by atoms with E-state index in [1.165, 1.54) is 6.42 Å². The molecule has 0 radical (unpaired) electrons. The summed E-state index contributed by atoms with van der Waals surface area (Å²) < 4.78 is 5.48. The molecule has 3 rings (SSSR count). The Bertz CT molecular complexity index is 390. The van der Waals surface area contributed by atoms with Crippen LogP contribution in [0.4, 0.5) is 4.79 Å². The van der Waals surface area contributed by atoms with Crippen molar-refractivity contribution in [1.29, 1.82) is 0 Å². The summed E-state index contributed by atoms with van der Waals surface area (Å²) in [6.07, 6.45) is 3.16. The monoisotopic (exact) mass is 217 g/mol. The van der Waals surface area contributed by atoms with Gasteiger partial charge in [-0.2, -0.15) is 0 Å². The van der Waals surface area contributed by atoms with Crippen LogP contribution in [0.3, 0.4) is 0 Å². The molecule has 16 heavy (non-hydrogen) atoms. The predicted molar refractivity (Wildman–Crippen MR) is 60.0 cm³/mol. The summed E-state index contributed by atoms with van der Waals surface area (Å²) in [7, 11) is 0. The molecule has 0 N–H and O–H groups in total. The molecule has 2 heterocycles. The Hall–Kier alpha value is -1.51. The van der Waals surface area contributed by atoms with Crippen LogP contribution in [0.15, 0.2) is 30.3 Å². The largest absolute Gasteiger partial charge is 0.439 e. The molecule has 1 aromatic rings. The lowest BCUT2D eigenvalue weighted by atomic mass is 9.94. The average Bonchev–Trinajstić information content (AvgIpc) is 2.69. The number of hydrogen-bond donors (Lipinski definition) is 0. The van der Waals surface area contributed by atoms with E-state index in [1.54, 1.807) is 0 Å². The Morgan fingerprint density at radius 3 is 2.81 bits per heavy atom. The van der Waals surface area contributed by atoms with Gasteiger partial charge in [0.05, 0.1) is 6.04 Å². The first-order chi connectivity index (χ1) is 7.86. The number of piperidine rings is 1. The fourth-order valence-electron chi connectivity index (χ4n) is 2.69. The van der Waals surface area contributed by atoms with Gasteiger partial charge in [-0.25, -0.2) is 4.79 Å². The van der Waals surface area contributed by atoms with Crippen molar-refractivity contribution in [2.75, 3.05) is 6.54 Å². The van der Waals surface area contributed by atoms with Gasteiger partial charge >= 0.3 is 6.09 Å². The van der Waals surface area contributed by atoms with E-state index < -0.39 is 0 Å². The summed E-state index contributed by atoms with van der Waals surface area (Å²) in [4.78, 5) is 13.6. The van der Waals surface area contributed by atoms with Crippen LogP contribution in [-0.4, -0.2) is 23.6 Å². The maximum absolute atomic E-state index is 11.7. The molecule has 3 nitrogen and oxygen atoms in total. The first-order valence-corrected chi connectivity index (χ1v) is 5.88. The van der Waals surface area contributed by atoms with Crippen molar-refractivity contribution in [3.8, 4) is 0 Å². The number of carbonyl (C=O) groups excluding carboxylic acids is 1. The highest BCUT2D eigenvalue weighted by molar-refractivity contribution is 5.71. The minimum absolute atomic E-state index is 0.0611. The summed E-state index contributed by atoms with van der Waals surface area (Å²) in [6.45, 7) is 0.854. The molecular weight excluding hydrogens is 202 g/mol. The van der Waals surface area contributed by atoms with Crippen molar-refractivity contribution in [1.82, 2.24) is 4.90 Å². The van der Waals surface area contributed by atoms with Crippen molar-refractivity contribution in [3.63, 3.8) is 0 Å². The summed E-state index contributed by atoms with van der Waals surface area (Å²) in [5, 5.41) is 0. The number of rotatable bonds is 1. The molecule has 84 valence electrons. The van der Waals surface area contributed by atoms with Crippen LogP contribution in [0.2, 0.25) is 0 Å². The van der Waals surface area contributed by atoms with Gasteiger partial charge in [0, 0.05) is 6.54 Å². The molecule has 3 heteroatoms. The van der Waals surface area contributed by atoms with Crippen molar-refractivity contribution in [2.45, 2.75) is 31.4 Å². The van der Waals surface area contributed by atoms with Crippen LogP contribution in [0, 0.1) is 0 Å². The second-order valence-corrected chi connectivity index (χ2v) is 4.47. The number of cyclic esters (lactones) is 1. The molecule has 0 bridgehead atoms. The van der Waals surface area contributed by atoms with Crippen LogP contribution in [0.25, 0.3) is 0 Å². The number of nitrogens with zero attached hydrogens (tertiary/aromatic N) is 1. The third-order valence-corrected chi connectivity index (χ3v) is 3.49. The molecule has 2 aliphatic heterocycles. The minimum Gasteiger partial charge on any atom is -0.439 e. The summed E-state index contributed by atoms with van der Waals surface area (Å²) in [5.41, 5.74) is 1.12. The Morgan fingerprint density at radius 1 is 1.19 bits per heavy atom. The van der Waals surface area contributed by atoms with Gasteiger partial charge < -0.3 is 9.64 Å². The number of fused-ring (bicyclic) bond motifs is 1. The zero-order valence-corrected chi connectivity index (χ0v) is 9.13. The highest BCUT2D eigenvalue weighted by atomic mass is 16.6. The third-order valence-electron chi connectivity index (χ3n) is 3.49. The molecular formula is C13H15NO2. The van der Waals surface area contributed by atoms with E-state index in [0.29, 0.717) is 0 Å². The fourth-order valence-corrected chi connectivity index (χ4v) is 2.69. The molecule has 2 fully saturated rings. The van der Waals surface area contributed by atoms with Crippen molar-refractivity contribution >= 4 is 6.09 Å². The Morgan fingerprint density at radius 2 is 2.00 bits per heavy atom. The fraction of sp³-hybridized carbons (Fsp3) is 0.462. The maximum atomic E-state index is 11.7. The van der Waals surface area contributed by atoms with Crippen molar-refractivity contribution in [2.24, 2.45) is 0 Å². The second kappa shape index (κ2) is 3.81. The summed E-state index contributed by atoms with van der Waals surface area (Å²) in [6, 6.07) is 10.3. The van der Waals surface area contributed by atoms with E-state index in [-0.39, 0.29) is 18.2 Å². The molecule has 0 aromatic heterocycles. The maximum Gasteiger partial charge on any atom is 0.410 e. The molecule has 1 amide bonds. The van der Waals surface area contributed by atoms with Gasteiger partial charge in [-0.1, -0.05) is 30.3 Å². The smallest absolute Gasteiger partial charge is 0.410 e. The van der Waals surface area contributed by atoms with E-state index >= 15 is 0 Å². The molecule has 0 unspecified atom stereocenters. The third kappa shape index (κ3) is 1.47. The Labute approximate surface area is 95.0 Å². The lowest BCUT2D eigenvalue weighted by Crippen LogP contribution is -2.38. The first-order valence-electron chi connectivity index (χ1n) is 5.88. The van der Waals surface area contributed by atoms with Gasteiger partial charge in [-0.3, -0.25) is 0 Å². The number of benzene rings is 1. The van der Waals surface area contributed by atoms with E-state index in [0.717, 1.165) is 24.9 Å². The van der Waals surface area contributed by atoms with Crippen LogP contribution in [0.1, 0.15) is 30.9 Å². The van der Waals surface area contributed by atoms with Gasteiger partial charge in [-0.15, -0.1) is 0 Å². The van der Waals surface area contributed by atoms with Crippen molar-refractivity contribution < 1.29 is 9.53 Å². The quantitative estimate of drug-likeness (QED) is 0.723. The van der Waals surface area contributed by atoms with Gasteiger partial charge in [0.25, 0.3) is 0 Å². The van der Waals surface area contributed by atoms with Crippen LogP contribution in [0.5, 0.6) is 0 Å². The van der Waals surface area contributed by atoms with Gasteiger partial charge in [-0.05, 0) is 24.8 Å². The highest BCUT2D eigenvalue weighted by Gasteiger charge is 2.43. The summed E-state index contributed by atoms with van der Waals surface area (Å²) >= 11 is 0. The second-order valence-electron chi connectivity index (χ2n) is 4.47. The van der Waals surface area contributed by atoms with E-state index in [4.69, 9.17) is 4.74 Å². The molecule has 0 aliphatic carbocycles. The standard InChI is InChI=1S/C13H15NO2/c15-13-14-9-5-4-8-11(14)12(16-13)10-6-2-1-3-7-10/h1-3,6-7,11-12H,4-5,8-9H2/t11-,12+/m1/s1. The Balaban J connectivity index is 1.89. The van der Waals surface area contributed by atoms with Gasteiger partial charge in [0.1, 0.15) is 6.10 Å². The number of hydrogen-bond acceptors (Lipinski definition) is 2. The zero-order valence-electron chi connectivity index (χ0n) is 9.13. The molecule has 2 atom stereocenters. The minimum atomic E-state index is -0.140. The zero-order chi connectivity index (χ0) is 11.0. The molecule has 1 aromatic carbocycles. The van der Waals surface area contributed by atoms with Crippen molar-refractivity contribution in [3.05, 3.63) is 35.9 Å². The van der Waals surface area contributed by atoms with Crippen LogP contribution < -0.4 is 0 Å². The highest BCUT2D eigenvalue weighted by Crippen LogP contribution is 2.37. The number of carbonyl (C=O) groups is 1. The molecule has 0 saturated carbocycles. The molecule has 2 saturated heterocycles. The topological polar surface area (TPSA) is 29.5 Å². The molecule has 2 aliphatic rings. The number of ether oxygens (including phenoxy) is 1. The Kier molecular flexibility index (Phi) is 2.31. The number of amides is 1.